The molecule has 1 N–H and O–H groups in total. The molecule has 0 spiro atoms. The molecule has 164 valence electrons. The van der Waals surface area contributed by atoms with Gasteiger partial charge in [-0.15, -0.1) is 0 Å². The number of carbonyl (C=O) groups excluding carboxylic acids is 2. The van der Waals surface area contributed by atoms with Crippen molar-refractivity contribution in [2.24, 2.45) is 0 Å². The molecule has 31 heavy (non-hydrogen) atoms. The number of benzene rings is 2. The van der Waals surface area contributed by atoms with Crippen LogP contribution in [0.2, 0.25) is 0 Å². The Labute approximate surface area is 183 Å². The molecule has 0 unspecified atom stereocenters. The SMILES string of the molecule is O=C(CN1CCN(CC(=O)N2CCc3ccccc32)CC1)NCCOc1ccccc1. The number of ether oxygens (including phenoxy) is 1. The lowest BCUT2D eigenvalue weighted by Gasteiger charge is -2.34. The molecule has 2 amide bonds. The van der Waals surface area contributed by atoms with Gasteiger partial charge in [0, 0.05) is 38.4 Å². The molecular formula is C24H30N4O3. The van der Waals surface area contributed by atoms with Crippen LogP contribution in [0.5, 0.6) is 5.75 Å². The van der Waals surface area contributed by atoms with E-state index < -0.39 is 0 Å². The number of hydrogen-bond donors (Lipinski definition) is 1. The first-order valence-corrected chi connectivity index (χ1v) is 11.0. The van der Waals surface area contributed by atoms with Gasteiger partial charge in [-0.1, -0.05) is 36.4 Å². The fraction of sp³-hybridized carbons (Fsp3) is 0.417. The lowest BCUT2D eigenvalue weighted by molar-refractivity contribution is -0.124. The fourth-order valence-electron chi connectivity index (χ4n) is 4.11. The monoisotopic (exact) mass is 422 g/mol. The average Bonchev–Trinajstić information content (AvgIpc) is 3.23. The average molecular weight is 423 g/mol. The molecule has 7 nitrogen and oxygen atoms in total. The largest absolute Gasteiger partial charge is 0.492 e. The second-order valence-corrected chi connectivity index (χ2v) is 7.99. The summed E-state index contributed by atoms with van der Waals surface area (Å²) in [5.74, 6) is 0.976. The summed E-state index contributed by atoms with van der Waals surface area (Å²) in [5, 5.41) is 2.91. The maximum Gasteiger partial charge on any atom is 0.241 e. The quantitative estimate of drug-likeness (QED) is 0.652. The standard InChI is InChI=1S/C24H30N4O3/c29-23(25-11-17-31-21-7-2-1-3-8-21)18-26-13-15-27(16-14-26)19-24(30)28-12-10-20-6-4-5-9-22(20)28/h1-9H,10-19H2,(H,25,29). The fourth-order valence-corrected chi connectivity index (χ4v) is 4.11. The Bertz CT molecular complexity index is 881. The molecule has 4 rings (SSSR count). The summed E-state index contributed by atoms with van der Waals surface area (Å²) in [7, 11) is 0. The molecule has 0 bridgehead atoms. The van der Waals surface area contributed by atoms with Crippen molar-refractivity contribution in [1.29, 1.82) is 0 Å². The summed E-state index contributed by atoms with van der Waals surface area (Å²) in [5.41, 5.74) is 2.31. The van der Waals surface area contributed by atoms with Crippen LogP contribution in [0.1, 0.15) is 5.56 Å². The van der Waals surface area contributed by atoms with Gasteiger partial charge in [0.1, 0.15) is 12.4 Å². The molecular weight excluding hydrogens is 392 g/mol. The number of nitrogens with one attached hydrogen (secondary N) is 1. The van der Waals surface area contributed by atoms with Gasteiger partial charge in [-0.25, -0.2) is 0 Å². The van der Waals surface area contributed by atoms with E-state index in [-0.39, 0.29) is 11.8 Å². The number of rotatable bonds is 8. The number of hydrogen-bond acceptors (Lipinski definition) is 5. The van der Waals surface area contributed by atoms with Crippen LogP contribution in [0.4, 0.5) is 5.69 Å². The van der Waals surface area contributed by atoms with Crippen LogP contribution in [0.3, 0.4) is 0 Å². The first kappa shape index (κ1) is 21.3. The molecule has 2 aromatic rings. The van der Waals surface area contributed by atoms with E-state index in [0.29, 0.717) is 26.2 Å². The lowest BCUT2D eigenvalue weighted by atomic mass is 10.2. The summed E-state index contributed by atoms with van der Waals surface area (Å²) in [6, 6.07) is 17.7. The molecule has 0 atom stereocenters. The number of carbonyl (C=O) groups is 2. The van der Waals surface area contributed by atoms with Crippen molar-refractivity contribution < 1.29 is 14.3 Å². The summed E-state index contributed by atoms with van der Waals surface area (Å²) in [6.45, 7) is 5.70. The van der Waals surface area contributed by atoms with Crippen molar-refractivity contribution in [1.82, 2.24) is 15.1 Å². The molecule has 1 saturated heterocycles. The predicted molar refractivity (Wildman–Crippen MR) is 120 cm³/mol. The highest BCUT2D eigenvalue weighted by Crippen LogP contribution is 2.27. The van der Waals surface area contributed by atoms with Crippen LogP contribution in [-0.2, 0) is 16.0 Å². The second kappa shape index (κ2) is 10.4. The minimum absolute atomic E-state index is 0.00913. The molecule has 7 heteroatoms. The highest BCUT2D eigenvalue weighted by atomic mass is 16.5. The van der Waals surface area contributed by atoms with Crippen molar-refractivity contribution in [2.45, 2.75) is 6.42 Å². The van der Waals surface area contributed by atoms with Crippen LogP contribution in [0, 0.1) is 0 Å². The zero-order valence-corrected chi connectivity index (χ0v) is 17.8. The topological polar surface area (TPSA) is 65.1 Å². The van der Waals surface area contributed by atoms with Gasteiger partial charge in [-0.05, 0) is 30.2 Å². The van der Waals surface area contributed by atoms with Crippen molar-refractivity contribution >= 4 is 17.5 Å². The molecule has 0 radical (unpaired) electrons. The Morgan fingerprint density at radius 2 is 1.52 bits per heavy atom. The number of nitrogens with zero attached hydrogens (tertiary/aromatic N) is 3. The summed E-state index contributed by atoms with van der Waals surface area (Å²) in [4.78, 5) is 31.2. The van der Waals surface area contributed by atoms with E-state index in [2.05, 4.69) is 21.2 Å². The third-order valence-corrected chi connectivity index (χ3v) is 5.82. The Morgan fingerprint density at radius 3 is 2.29 bits per heavy atom. The van der Waals surface area contributed by atoms with Gasteiger partial charge in [-0.2, -0.15) is 0 Å². The second-order valence-electron chi connectivity index (χ2n) is 7.99. The van der Waals surface area contributed by atoms with Gasteiger partial charge in [0.05, 0.1) is 19.6 Å². The zero-order chi connectivity index (χ0) is 21.5. The Kier molecular flexibility index (Phi) is 7.17. The number of amides is 2. The minimum atomic E-state index is 0.00913. The number of para-hydroxylation sites is 2. The van der Waals surface area contributed by atoms with E-state index in [0.717, 1.165) is 50.6 Å². The van der Waals surface area contributed by atoms with E-state index in [1.54, 1.807) is 0 Å². The van der Waals surface area contributed by atoms with Crippen LogP contribution in [-0.4, -0.2) is 80.6 Å². The first-order chi connectivity index (χ1) is 15.2. The Hall–Kier alpha value is -2.90. The molecule has 0 aromatic heterocycles. The molecule has 0 aliphatic carbocycles. The van der Waals surface area contributed by atoms with Crippen molar-refractivity contribution in [3.8, 4) is 5.75 Å². The summed E-state index contributed by atoms with van der Waals surface area (Å²) < 4.78 is 5.59. The van der Waals surface area contributed by atoms with Gasteiger partial charge in [-0.3, -0.25) is 19.4 Å². The predicted octanol–water partition coefficient (Wildman–Crippen LogP) is 1.39. The van der Waals surface area contributed by atoms with Crippen LogP contribution in [0.25, 0.3) is 0 Å². The molecule has 2 heterocycles. The smallest absolute Gasteiger partial charge is 0.241 e. The summed E-state index contributed by atoms with van der Waals surface area (Å²) in [6.07, 6.45) is 0.932. The minimum Gasteiger partial charge on any atom is -0.492 e. The van der Waals surface area contributed by atoms with E-state index in [1.807, 2.05) is 53.4 Å². The van der Waals surface area contributed by atoms with Crippen molar-refractivity contribution in [3.63, 3.8) is 0 Å². The maximum atomic E-state index is 12.8. The summed E-state index contributed by atoms with van der Waals surface area (Å²) >= 11 is 0. The van der Waals surface area contributed by atoms with Gasteiger partial charge in [0.25, 0.3) is 0 Å². The van der Waals surface area contributed by atoms with E-state index >= 15 is 0 Å². The third kappa shape index (κ3) is 5.83. The molecule has 2 aliphatic heterocycles. The molecule has 0 saturated carbocycles. The molecule has 2 aliphatic rings. The highest BCUT2D eigenvalue weighted by molar-refractivity contribution is 5.96. The van der Waals surface area contributed by atoms with Gasteiger partial charge in [0.2, 0.25) is 11.8 Å². The molecule has 2 aromatic carbocycles. The third-order valence-electron chi connectivity index (χ3n) is 5.82. The zero-order valence-electron chi connectivity index (χ0n) is 17.8. The number of anilines is 1. The van der Waals surface area contributed by atoms with Crippen LogP contribution >= 0.6 is 0 Å². The van der Waals surface area contributed by atoms with Gasteiger partial charge in [0.15, 0.2) is 0 Å². The lowest BCUT2D eigenvalue weighted by Crippen LogP contribution is -2.52. The van der Waals surface area contributed by atoms with Crippen LogP contribution in [0.15, 0.2) is 54.6 Å². The normalized spacial score (nSPS) is 16.7. The highest BCUT2D eigenvalue weighted by Gasteiger charge is 2.27. The van der Waals surface area contributed by atoms with Gasteiger partial charge >= 0.3 is 0 Å². The van der Waals surface area contributed by atoms with E-state index in [9.17, 15) is 9.59 Å². The van der Waals surface area contributed by atoms with E-state index in [1.165, 1.54) is 5.56 Å². The number of piperazine rings is 1. The maximum absolute atomic E-state index is 12.8. The Morgan fingerprint density at radius 1 is 0.839 bits per heavy atom. The van der Waals surface area contributed by atoms with Crippen molar-refractivity contribution in [3.05, 3.63) is 60.2 Å². The Balaban J connectivity index is 1.12. The molecule has 1 fully saturated rings. The van der Waals surface area contributed by atoms with Gasteiger partial charge < -0.3 is 15.0 Å². The van der Waals surface area contributed by atoms with Crippen molar-refractivity contribution in [2.75, 3.05) is 63.9 Å². The number of fused-ring (bicyclic) bond motifs is 1. The first-order valence-electron chi connectivity index (χ1n) is 11.0. The van der Waals surface area contributed by atoms with Crippen LogP contribution < -0.4 is 15.0 Å². The van der Waals surface area contributed by atoms with E-state index in [4.69, 9.17) is 4.74 Å².